The SMILES string of the molecule is CC1(C)CCC(CCCNc2cccc(S(=O)(=O)NC(=O)c3ccc(-n4ccc(OCC5C6(CC6)C56CC6)n4)nc3Cl)n2)C1.CC1(C)CCC(CCCNc2cccc(S(N)(=O)=O)n2)C1.O=C(O)c1ccc(-n2ccc(OCC3C4(CC4)C34CC4)n2)nc1Cl. The molecule has 0 bridgehead atoms. The van der Waals surface area contributed by atoms with Crippen LogP contribution in [0.4, 0.5) is 11.6 Å². The summed E-state index contributed by atoms with van der Waals surface area (Å²) < 4.78 is 65.5. The highest BCUT2D eigenvalue weighted by molar-refractivity contribution is 7.90. The van der Waals surface area contributed by atoms with Gasteiger partial charge in [-0.05, 0) is 208 Å². The minimum absolute atomic E-state index is 0.0257. The number of amides is 1. The lowest BCUT2D eigenvalue weighted by atomic mass is 9.89. The summed E-state index contributed by atoms with van der Waals surface area (Å²) in [5.74, 6) is 3.84. The lowest BCUT2D eigenvalue weighted by Gasteiger charge is -2.17. The predicted molar refractivity (Wildman–Crippen MR) is 337 cm³/mol. The number of pyridine rings is 4. The molecule has 21 nitrogen and oxygen atoms in total. The van der Waals surface area contributed by atoms with Crippen LogP contribution in [0.2, 0.25) is 10.3 Å². The fraction of sp³-hybridized carbons (Fsp3) is 0.562. The smallest absolute Gasteiger partial charge is 0.338 e. The number of primary sulfonamides is 1. The van der Waals surface area contributed by atoms with Crippen LogP contribution in [0, 0.1) is 56.2 Å². The van der Waals surface area contributed by atoms with Crippen LogP contribution in [-0.4, -0.2) is 99.6 Å². The molecule has 2 atom stereocenters. The number of carbonyl (C=O) groups is 2. The van der Waals surface area contributed by atoms with E-state index < -0.39 is 31.9 Å². The van der Waals surface area contributed by atoms with E-state index in [9.17, 15) is 26.4 Å². The van der Waals surface area contributed by atoms with E-state index in [1.807, 2.05) is 0 Å². The van der Waals surface area contributed by atoms with Crippen molar-refractivity contribution in [3.05, 3.63) is 107 Å². The second-order valence-electron chi connectivity index (χ2n) is 27.8. The van der Waals surface area contributed by atoms with Gasteiger partial charge >= 0.3 is 5.97 Å². The summed E-state index contributed by atoms with van der Waals surface area (Å²) in [5.41, 5.74) is 3.21. The molecular formula is C64H80Cl2N12O9S2. The first-order valence-corrected chi connectivity index (χ1v) is 35.1. The van der Waals surface area contributed by atoms with Crippen molar-refractivity contribution in [2.24, 2.45) is 61.3 Å². The number of aromatic nitrogens is 8. The third-order valence-corrected chi connectivity index (χ3v) is 23.4. The van der Waals surface area contributed by atoms with E-state index in [-0.39, 0.29) is 31.5 Å². The highest BCUT2D eigenvalue weighted by atomic mass is 35.5. The molecule has 25 heteroatoms. The van der Waals surface area contributed by atoms with Gasteiger partial charge in [-0.15, -0.1) is 10.2 Å². The number of ether oxygens (including phenoxy) is 2. The van der Waals surface area contributed by atoms with Gasteiger partial charge in [0.2, 0.25) is 11.8 Å². The Morgan fingerprint density at radius 2 is 1.02 bits per heavy atom. The van der Waals surface area contributed by atoms with Gasteiger partial charge in [0.25, 0.3) is 26.0 Å². The summed E-state index contributed by atoms with van der Waals surface area (Å²) in [5, 5.41) is 28.7. The Bertz CT molecular complexity index is 3840. The molecule has 6 heterocycles. The molecule has 8 aliphatic carbocycles. The topological polar surface area (TPSA) is 290 Å². The molecule has 6 N–H and O–H groups in total. The molecule has 476 valence electrons. The zero-order chi connectivity index (χ0) is 62.8. The van der Waals surface area contributed by atoms with E-state index in [1.165, 1.54) is 125 Å². The number of rotatable bonds is 23. The van der Waals surface area contributed by atoms with Crippen molar-refractivity contribution in [2.75, 3.05) is 36.9 Å². The van der Waals surface area contributed by atoms with Gasteiger partial charge in [0.05, 0.1) is 24.3 Å². The molecule has 0 aliphatic heterocycles. The molecule has 14 rings (SSSR count). The summed E-state index contributed by atoms with van der Waals surface area (Å²) in [4.78, 5) is 40.5. The Labute approximate surface area is 530 Å². The normalized spacial score (nSPS) is 21.9. The summed E-state index contributed by atoms with van der Waals surface area (Å²) in [6.07, 6.45) is 26.4. The van der Waals surface area contributed by atoms with E-state index in [1.54, 1.807) is 65.6 Å². The number of anilines is 2. The number of carbonyl (C=O) groups excluding carboxylic acids is 1. The maximum atomic E-state index is 13.0. The fourth-order valence-electron chi connectivity index (χ4n) is 15.5. The van der Waals surface area contributed by atoms with Crippen molar-refractivity contribution in [1.29, 1.82) is 0 Å². The van der Waals surface area contributed by atoms with Crippen LogP contribution in [-0.2, 0) is 20.0 Å². The number of nitrogens with two attached hydrogens (primary N) is 1. The molecule has 1 amide bonds. The standard InChI is InChI=1S/C32H39ClN6O4S.C17H16ClN3O3.C15H25N3O2S/c1-30(2)12-10-21(19-30)5-4-17-34-24-6-3-7-27(35-24)44(41,42)38-29(40)22-8-9-25(36-28(22)33)39-18-11-26(37-39)43-20-23-31(13-14-31)32(23)15-16-32;18-14-10(15(22)23)1-2-12(19-14)21-8-3-13(20-21)24-9-11-16(4-5-16)17(11)6-7-17;1-15(2)9-8-12(11-15)5-4-10-17-13-6-3-7-14(18-13)21(16,19)20/h3,6-9,11,18,21,23H,4-5,10,12-17,19-20H2,1-2H3,(H,34,35)(H,38,40);1-3,8,11H,4-7,9H2,(H,22,23);3,6-7,12H,4-5,8-11H2,1-2H3,(H,17,18)(H2,16,19,20). The second kappa shape index (κ2) is 24.0. The first-order valence-electron chi connectivity index (χ1n) is 31.3. The number of nitrogens with one attached hydrogen (secondary N) is 3. The van der Waals surface area contributed by atoms with E-state index in [0.29, 0.717) is 92.5 Å². The van der Waals surface area contributed by atoms with Crippen molar-refractivity contribution in [1.82, 2.24) is 44.2 Å². The average Bonchev–Trinajstić information content (AvgIpc) is 1.46. The van der Waals surface area contributed by atoms with Crippen LogP contribution in [0.25, 0.3) is 11.6 Å². The number of hydrogen-bond donors (Lipinski definition) is 5. The molecule has 89 heavy (non-hydrogen) atoms. The summed E-state index contributed by atoms with van der Waals surface area (Å²) in [7, 11) is -7.98. The maximum absolute atomic E-state index is 13.0. The minimum atomic E-state index is -4.25. The van der Waals surface area contributed by atoms with Gasteiger partial charge in [0.15, 0.2) is 21.7 Å². The van der Waals surface area contributed by atoms with Crippen LogP contribution in [0.1, 0.15) is 164 Å². The molecule has 2 unspecified atom stereocenters. The van der Waals surface area contributed by atoms with Gasteiger partial charge in [-0.3, -0.25) is 4.79 Å². The maximum Gasteiger partial charge on any atom is 0.338 e. The molecule has 8 aliphatic rings. The number of aromatic carboxylic acids is 1. The van der Waals surface area contributed by atoms with Gasteiger partial charge in [0, 0.05) is 49.5 Å². The third-order valence-electron chi connectivity index (χ3n) is 20.7. The van der Waals surface area contributed by atoms with Crippen LogP contribution in [0.5, 0.6) is 11.8 Å². The zero-order valence-corrected chi connectivity index (χ0v) is 54.0. The Balaban J connectivity index is 0.000000143. The number of carboxylic acids is 1. The summed E-state index contributed by atoms with van der Waals surface area (Å²) in [6.45, 7) is 12.3. The van der Waals surface area contributed by atoms with Gasteiger partial charge in [-0.25, -0.2) is 52.4 Å². The molecular weight excluding hydrogens is 1220 g/mol. The second-order valence-corrected chi connectivity index (χ2v) is 31.6. The predicted octanol–water partition coefficient (Wildman–Crippen LogP) is 12.0. The minimum Gasteiger partial charge on any atom is -0.478 e. The number of fused-ring (bicyclic) bond motifs is 2. The van der Waals surface area contributed by atoms with Crippen molar-refractivity contribution in [3.8, 4) is 23.4 Å². The van der Waals surface area contributed by atoms with Crippen molar-refractivity contribution in [2.45, 2.75) is 153 Å². The first kappa shape index (κ1) is 62.8. The van der Waals surface area contributed by atoms with E-state index in [0.717, 1.165) is 44.2 Å². The molecule has 6 aromatic heterocycles. The highest BCUT2D eigenvalue weighted by Crippen LogP contribution is 2.93. The molecule has 4 spiro atoms. The molecule has 0 radical (unpaired) electrons. The number of halogens is 2. The van der Waals surface area contributed by atoms with Gasteiger partial charge in [-0.1, -0.05) is 63.0 Å². The largest absolute Gasteiger partial charge is 0.478 e. The van der Waals surface area contributed by atoms with E-state index >= 15 is 0 Å². The Kier molecular flexibility index (Phi) is 16.9. The molecule has 0 aromatic carbocycles. The van der Waals surface area contributed by atoms with Crippen LogP contribution < -0.4 is 30.0 Å². The van der Waals surface area contributed by atoms with Crippen molar-refractivity contribution < 1.29 is 41.0 Å². The van der Waals surface area contributed by atoms with Gasteiger partial charge < -0.3 is 25.2 Å². The molecule has 8 saturated carbocycles. The van der Waals surface area contributed by atoms with Crippen LogP contribution in [0.3, 0.4) is 0 Å². The zero-order valence-electron chi connectivity index (χ0n) is 50.9. The lowest BCUT2D eigenvalue weighted by molar-refractivity contribution is 0.0696. The van der Waals surface area contributed by atoms with Crippen LogP contribution >= 0.6 is 23.2 Å². The fourth-order valence-corrected chi connectivity index (χ4v) is 17.4. The first-order chi connectivity index (χ1) is 42.3. The van der Waals surface area contributed by atoms with Gasteiger partial charge in [0.1, 0.15) is 21.9 Å². The molecule has 8 fully saturated rings. The Morgan fingerprint density at radius 3 is 1.42 bits per heavy atom. The number of hydrogen-bond acceptors (Lipinski definition) is 16. The summed E-state index contributed by atoms with van der Waals surface area (Å²) >= 11 is 12.2. The van der Waals surface area contributed by atoms with E-state index in [4.69, 9.17) is 42.9 Å². The average molecular weight is 1300 g/mol. The van der Waals surface area contributed by atoms with E-state index in [2.05, 4.69) is 73.2 Å². The number of carboxylic acid groups (broad SMARTS) is 1. The highest BCUT2D eigenvalue weighted by Gasteiger charge is 2.87. The number of sulfonamides is 2. The van der Waals surface area contributed by atoms with Crippen LogP contribution in [0.15, 0.2) is 95.2 Å². The summed E-state index contributed by atoms with van der Waals surface area (Å²) in [6, 6.07) is 19.0. The van der Waals surface area contributed by atoms with Gasteiger partial charge in [-0.2, -0.15) is 8.42 Å². The molecule has 6 aromatic rings. The van der Waals surface area contributed by atoms with Crippen molar-refractivity contribution >= 4 is 66.8 Å². The lowest BCUT2D eigenvalue weighted by Crippen LogP contribution is -2.31. The number of nitrogens with zero attached hydrogens (tertiary/aromatic N) is 8. The molecule has 0 saturated heterocycles. The van der Waals surface area contributed by atoms with Crippen molar-refractivity contribution in [3.63, 3.8) is 0 Å². The Hall–Kier alpha value is -6.40. The monoisotopic (exact) mass is 1290 g/mol. The quantitative estimate of drug-likeness (QED) is 0.0294. The third kappa shape index (κ3) is 13.7. The Morgan fingerprint density at radius 1 is 0.596 bits per heavy atom.